The Morgan fingerprint density at radius 3 is 2.60 bits per heavy atom. The summed E-state index contributed by atoms with van der Waals surface area (Å²) in [7, 11) is 0. The summed E-state index contributed by atoms with van der Waals surface area (Å²) in [5.41, 5.74) is 3.16. The zero-order chi connectivity index (χ0) is 16.8. The van der Waals surface area contributed by atoms with Crippen LogP contribution in [0, 0.1) is 18.9 Å². The topological polar surface area (TPSA) is 57.7 Å². The molecule has 3 heterocycles. The molecule has 1 aromatic carbocycles. The van der Waals surface area contributed by atoms with Crippen molar-refractivity contribution in [1.82, 2.24) is 25.0 Å². The summed E-state index contributed by atoms with van der Waals surface area (Å²) in [5.74, 6) is -0.571. The van der Waals surface area contributed by atoms with Gasteiger partial charge in [0.2, 0.25) is 0 Å². The van der Waals surface area contributed by atoms with E-state index in [0.29, 0.717) is 11.4 Å². The number of hydrogen-bond acceptors (Lipinski definition) is 3. The molecule has 0 fully saturated rings. The zero-order valence-corrected chi connectivity index (χ0v) is 15.7. The molecule has 0 aliphatic heterocycles. The van der Waals surface area contributed by atoms with Gasteiger partial charge in [-0.15, -0.1) is 6.07 Å². The van der Waals surface area contributed by atoms with Gasteiger partial charge >= 0.3 is 0 Å². The van der Waals surface area contributed by atoms with Crippen LogP contribution in [0.15, 0.2) is 67.1 Å². The molecule has 0 saturated carbocycles. The zero-order valence-electron chi connectivity index (χ0n) is 13.3. The standard InChI is InChI=1S/C9H7FN3.C9H7N2.Ir/c1-6-2-3-11-7(4-6)8-5-9(10)13-12-8;1-2-5-9(6-3-1)11-8-4-7-10-11;/h2-5H,1H3;1-5,7-8H;/q2*-1;. The number of aromatic nitrogens is 5. The van der Waals surface area contributed by atoms with E-state index in [1.807, 2.05) is 55.6 Å². The van der Waals surface area contributed by atoms with Gasteiger partial charge in [-0.3, -0.25) is 9.67 Å². The number of halogens is 1. The summed E-state index contributed by atoms with van der Waals surface area (Å²) >= 11 is 0. The number of benzene rings is 1. The summed E-state index contributed by atoms with van der Waals surface area (Å²) in [6.45, 7) is 1.94. The molecule has 1 radical (unpaired) electrons. The van der Waals surface area contributed by atoms with Crippen LogP contribution in [0.4, 0.5) is 4.39 Å². The number of aryl methyl sites for hydroxylation is 1. The van der Waals surface area contributed by atoms with Gasteiger partial charge in [-0.1, -0.05) is 5.69 Å². The number of pyridine rings is 1. The molecule has 0 saturated heterocycles. The molecule has 25 heavy (non-hydrogen) atoms. The molecule has 4 aromatic rings. The molecule has 0 amide bonds. The average Bonchev–Trinajstić information content (AvgIpc) is 3.28. The van der Waals surface area contributed by atoms with Crippen LogP contribution < -0.4 is 5.10 Å². The molecule has 0 aliphatic rings. The number of nitrogens with zero attached hydrogens (tertiary/aromatic N) is 5. The number of hydrogen-bond donors (Lipinski definition) is 0. The van der Waals surface area contributed by atoms with Crippen LogP contribution in [0.3, 0.4) is 0 Å². The van der Waals surface area contributed by atoms with E-state index < -0.39 is 5.95 Å². The van der Waals surface area contributed by atoms with Gasteiger partial charge in [0.15, 0.2) is 5.95 Å². The Bertz CT molecular complexity index is 891. The molecule has 0 N–H and O–H groups in total. The Labute approximate surface area is 158 Å². The van der Waals surface area contributed by atoms with Gasteiger partial charge in [-0.05, 0) is 42.4 Å². The fourth-order valence-electron chi connectivity index (χ4n) is 2.01. The van der Waals surface area contributed by atoms with Crippen molar-refractivity contribution in [3.05, 3.63) is 84.7 Å². The summed E-state index contributed by atoms with van der Waals surface area (Å²) in [5, 5.41) is 11.0. The second-order valence-corrected chi connectivity index (χ2v) is 4.97. The van der Waals surface area contributed by atoms with Crippen LogP contribution in [0.25, 0.3) is 17.1 Å². The maximum atomic E-state index is 12.5. The Kier molecular flexibility index (Phi) is 6.74. The predicted octanol–water partition coefficient (Wildman–Crippen LogP) is 3.22. The largest absolute Gasteiger partial charge is 0.571 e. The maximum absolute atomic E-state index is 12.5. The van der Waals surface area contributed by atoms with Gasteiger partial charge in [0.1, 0.15) is 0 Å². The molecular formula is C18H14FIrN5-2. The van der Waals surface area contributed by atoms with Crippen LogP contribution in [0.1, 0.15) is 5.56 Å². The molecule has 4 rings (SSSR count). The molecule has 0 aliphatic carbocycles. The van der Waals surface area contributed by atoms with Crippen LogP contribution in [-0.4, -0.2) is 19.9 Å². The van der Waals surface area contributed by atoms with Crippen molar-refractivity contribution in [2.75, 3.05) is 0 Å². The van der Waals surface area contributed by atoms with Crippen molar-refractivity contribution < 1.29 is 24.5 Å². The van der Waals surface area contributed by atoms with E-state index in [9.17, 15) is 4.39 Å². The first kappa shape index (κ1) is 18.7. The van der Waals surface area contributed by atoms with Gasteiger partial charge < -0.3 is 10.2 Å². The summed E-state index contributed by atoms with van der Waals surface area (Å²) in [4.78, 5) is 4.05. The van der Waals surface area contributed by atoms with Gasteiger partial charge in [0, 0.05) is 44.4 Å². The van der Waals surface area contributed by atoms with E-state index in [-0.39, 0.29) is 20.1 Å². The van der Waals surface area contributed by atoms with E-state index in [4.69, 9.17) is 0 Å². The third-order valence-corrected chi connectivity index (χ3v) is 3.13. The Morgan fingerprint density at radius 2 is 2.00 bits per heavy atom. The number of para-hydroxylation sites is 1. The third kappa shape index (κ3) is 5.17. The summed E-state index contributed by atoms with van der Waals surface area (Å²) in [6.07, 6.45) is 5.31. The first-order valence-corrected chi connectivity index (χ1v) is 7.28. The predicted molar refractivity (Wildman–Crippen MR) is 87.9 cm³/mol. The van der Waals surface area contributed by atoms with Crippen molar-refractivity contribution in [3.63, 3.8) is 0 Å². The summed E-state index contributed by atoms with van der Waals surface area (Å²) < 4.78 is 14.3. The van der Waals surface area contributed by atoms with Gasteiger partial charge in [-0.2, -0.15) is 33.8 Å². The summed E-state index contributed by atoms with van der Waals surface area (Å²) in [6, 6.07) is 17.7. The Hall–Kier alpha value is -2.63. The Morgan fingerprint density at radius 1 is 1.12 bits per heavy atom. The van der Waals surface area contributed by atoms with E-state index in [0.717, 1.165) is 11.3 Å². The van der Waals surface area contributed by atoms with Crippen LogP contribution >= 0.6 is 0 Å². The van der Waals surface area contributed by atoms with Crippen molar-refractivity contribution in [2.45, 2.75) is 6.92 Å². The van der Waals surface area contributed by atoms with Crippen LogP contribution in [0.2, 0.25) is 0 Å². The first-order valence-electron chi connectivity index (χ1n) is 7.28. The molecule has 7 heteroatoms. The van der Waals surface area contributed by atoms with E-state index in [2.05, 4.69) is 26.3 Å². The molecule has 0 atom stereocenters. The van der Waals surface area contributed by atoms with Gasteiger partial charge in [0.05, 0.1) is 0 Å². The Balaban J connectivity index is 0.000000175. The maximum Gasteiger partial charge on any atom is 0.193 e. The molecule has 0 unspecified atom stereocenters. The second-order valence-electron chi connectivity index (χ2n) is 4.97. The smallest absolute Gasteiger partial charge is 0.193 e. The number of rotatable bonds is 2. The quantitative estimate of drug-likeness (QED) is 0.388. The van der Waals surface area contributed by atoms with Crippen LogP contribution in [-0.2, 0) is 20.1 Å². The van der Waals surface area contributed by atoms with Crippen molar-refractivity contribution in [1.29, 1.82) is 0 Å². The average molecular weight is 512 g/mol. The van der Waals surface area contributed by atoms with Crippen LogP contribution in [0.5, 0.6) is 0 Å². The molecular weight excluding hydrogens is 497 g/mol. The van der Waals surface area contributed by atoms with Gasteiger partial charge in [0.25, 0.3) is 0 Å². The van der Waals surface area contributed by atoms with E-state index >= 15 is 0 Å². The third-order valence-electron chi connectivity index (χ3n) is 3.13. The van der Waals surface area contributed by atoms with Crippen molar-refractivity contribution in [2.24, 2.45) is 0 Å². The molecule has 3 aromatic heterocycles. The fraction of sp³-hybridized carbons (Fsp3) is 0.0556. The van der Waals surface area contributed by atoms with Crippen molar-refractivity contribution in [3.8, 4) is 17.1 Å². The second kappa shape index (κ2) is 9.01. The first-order chi connectivity index (χ1) is 11.7. The molecule has 129 valence electrons. The minimum absolute atomic E-state index is 0. The van der Waals surface area contributed by atoms with Gasteiger partial charge in [-0.25, -0.2) is 0 Å². The fourth-order valence-corrected chi connectivity index (χ4v) is 2.01. The molecule has 0 bridgehead atoms. The minimum atomic E-state index is -0.571. The SMILES string of the molecule is Cc1ccnc(-c2cc(F)n[n-]2)c1.[Ir].[c-]1ccccc1-n1cccn1. The molecule has 5 nitrogen and oxygen atoms in total. The molecule has 0 spiro atoms. The normalized spacial score (nSPS) is 9.68. The minimum Gasteiger partial charge on any atom is -0.571 e. The van der Waals surface area contributed by atoms with Crippen molar-refractivity contribution >= 4 is 0 Å². The monoisotopic (exact) mass is 512 g/mol. The van der Waals surface area contributed by atoms with E-state index in [1.54, 1.807) is 17.1 Å². The van der Waals surface area contributed by atoms with E-state index in [1.165, 1.54) is 6.07 Å².